The molecule has 23 heavy (non-hydrogen) atoms. The fraction of sp³-hybridized carbons (Fsp3) is 0.118. The van der Waals surface area contributed by atoms with E-state index < -0.39 is 4.92 Å². The van der Waals surface area contributed by atoms with Crippen LogP contribution < -0.4 is 10.1 Å². The Morgan fingerprint density at radius 2 is 2.09 bits per heavy atom. The van der Waals surface area contributed by atoms with Gasteiger partial charge in [-0.1, -0.05) is 12.1 Å². The summed E-state index contributed by atoms with van der Waals surface area (Å²) in [5, 5.41) is 14.9. The number of hydrogen-bond acceptors (Lipinski definition) is 5. The molecule has 0 saturated carbocycles. The number of nitrogens with one attached hydrogen (secondary N) is 1. The summed E-state index contributed by atoms with van der Waals surface area (Å²) in [7, 11) is 1.63. The number of non-ortho nitro benzene ring substituents is 1. The van der Waals surface area contributed by atoms with Gasteiger partial charge in [-0.05, 0) is 35.9 Å². The van der Waals surface area contributed by atoms with Crippen LogP contribution in [0.15, 0.2) is 54.7 Å². The number of rotatable bonds is 5. The van der Waals surface area contributed by atoms with Gasteiger partial charge in [-0.2, -0.15) is 0 Å². The van der Waals surface area contributed by atoms with Crippen LogP contribution in [0.4, 0.5) is 11.4 Å². The average molecular weight is 309 g/mol. The first-order chi connectivity index (χ1) is 11.2. The number of hydrogen-bond donors (Lipinski definition) is 1. The molecule has 2 aromatic carbocycles. The van der Waals surface area contributed by atoms with Gasteiger partial charge in [0, 0.05) is 18.8 Å². The molecule has 1 N–H and O–H groups in total. The number of pyridine rings is 1. The summed E-state index contributed by atoms with van der Waals surface area (Å²) >= 11 is 0. The normalized spacial score (nSPS) is 10.5. The lowest BCUT2D eigenvalue weighted by Gasteiger charge is -2.10. The third-order valence-corrected chi connectivity index (χ3v) is 3.56. The summed E-state index contributed by atoms with van der Waals surface area (Å²) in [6.07, 6.45) is 1.63. The number of nitro groups is 1. The van der Waals surface area contributed by atoms with E-state index in [0.717, 1.165) is 17.0 Å². The molecule has 0 bridgehead atoms. The van der Waals surface area contributed by atoms with Gasteiger partial charge in [-0.25, -0.2) is 0 Å². The van der Waals surface area contributed by atoms with E-state index in [2.05, 4.69) is 10.3 Å². The second-order valence-corrected chi connectivity index (χ2v) is 4.99. The largest absolute Gasteiger partial charge is 0.497 e. The Labute approximate surface area is 132 Å². The molecule has 3 rings (SSSR count). The van der Waals surface area contributed by atoms with Crippen LogP contribution in [-0.4, -0.2) is 17.0 Å². The zero-order valence-corrected chi connectivity index (χ0v) is 12.5. The predicted molar refractivity (Wildman–Crippen MR) is 88.7 cm³/mol. The first-order valence-electron chi connectivity index (χ1n) is 7.08. The molecule has 0 spiro atoms. The van der Waals surface area contributed by atoms with Crippen molar-refractivity contribution < 1.29 is 9.66 Å². The number of benzene rings is 2. The standard InChI is InChI=1S/C17H15N3O3/c1-23-13-5-2-4-12(10-13)11-19-15-7-8-16(20(21)22)14-6-3-9-18-17(14)15/h2-10,19H,11H2,1H3. The Morgan fingerprint density at radius 3 is 2.87 bits per heavy atom. The molecule has 1 heterocycles. The Kier molecular flexibility index (Phi) is 4.05. The van der Waals surface area contributed by atoms with E-state index in [4.69, 9.17) is 4.74 Å². The quantitative estimate of drug-likeness (QED) is 0.573. The van der Waals surface area contributed by atoms with Gasteiger partial charge in [0.25, 0.3) is 5.69 Å². The highest BCUT2D eigenvalue weighted by atomic mass is 16.6. The van der Waals surface area contributed by atoms with Crippen LogP contribution in [0, 0.1) is 10.1 Å². The highest BCUT2D eigenvalue weighted by Gasteiger charge is 2.14. The molecule has 6 heteroatoms. The number of nitrogens with zero attached hydrogens (tertiary/aromatic N) is 2. The number of aromatic nitrogens is 1. The highest BCUT2D eigenvalue weighted by Crippen LogP contribution is 2.30. The molecular formula is C17H15N3O3. The van der Waals surface area contributed by atoms with Gasteiger partial charge in [-0.3, -0.25) is 15.1 Å². The van der Waals surface area contributed by atoms with Gasteiger partial charge in [0.2, 0.25) is 0 Å². The smallest absolute Gasteiger partial charge is 0.278 e. The van der Waals surface area contributed by atoms with Crippen molar-refractivity contribution in [3.63, 3.8) is 0 Å². The monoisotopic (exact) mass is 309 g/mol. The van der Waals surface area contributed by atoms with Crippen LogP contribution in [0.1, 0.15) is 5.56 Å². The fourth-order valence-corrected chi connectivity index (χ4v) is 2.44. The Morgan fingerprint density at radius 1 is 1.22 bits per heavy atom. The van der Waals surface area contributed by atoms with E-state index in [1.165, 1.54) is 6.07 Å². The average Bonchev–Trinajstić information content (AvgIpc) is 2.59. The van der Waals surface area contributed by atoms with Crippen LogP contribution in [0.25, 0.3) is 10.9 Å². The van der Waals surface area contributed by atoms with Gasteiger partial charge in [0.05, 0.1) is 23.1 Å². The van der Waals surface area contributed by atoms with E-state index in [-0.39, 0.29) is 5.69 Å². The summed E-state index contributed by atoms with van der Waals surface area (Å²) in [4.78, 5) is 15.0. The van der Waals surface area contributed by atoms with Crippen LogP contribution in [0.2, 0.25) is 0 Å². The predicted octanol–water partition coefficient (Wildman–Crippen LogP) is 3.76. The van der Waals surface area contributed by atoms with Crippen LogP contribution >= 0.6 is 0 Å². The Hall–Kier alpha value is -3.15. The van der Waals surface area contributed by atoms with E-state index >= 15 is 0 Å². The van der Waals surface area contributed by atoms with Crippen LogP contribution in [0.5, 0.6) is 5.75 Å². The lowest BCUT2D eigenvalue weighted by atomic mass is 10.1. The lowest BCUT2D eigenvalue weighted by molar-refractivity contribution is -0.383. The molecular weight excluding hydrogens is 294 g/mol. The van der Waals surface area contributed by atoms with Crippen molar-refractivity contribution in [3.8, 4) is 5.75 Å². The molecule has 3 aromatic rings. The molecule has 0 amide bonds. The third-order valence-electron chi connectivity index (χ3n) is 3.56. The van der Waals surface area contributed by atoms with Crippen molar-refractivity contribution >= 4 is 22.3 Å². The molecule has 0 fully saturated rings. The topological polar surface area (TPSA) is 77.3 Å². The number of fused-ring (bicyclic) bond motifs is 1. The molecule has 0 unspecified atom stereocenters. The van der Waals surface area contributed by atoms with Gasteiger partial charge in [-0.15, -0.1) is 0 Å². The summed E-state index contributed by atoms with van der Waals surface area (Å²) in [6, 6.07) is 14.3. The fourth-order valence-electron chi connectivity index (χ4n) is 2.44. The van der Waals surface area contributed by atoms with Gasteiger partial charge in [0.15, 0.2) is 0 Å². The van der Waals surface area contributed by atoms with E-state index in [1.807, 2.05) is 24.3 Å². The van der Waals surface area contributed by atoms with Crippen LogP contribution in [0.3, 0.4) is 0 Å². The minimum atomic E-state index is -0.393. The summed E-state index contributed by atoms with van der Waals surface area (Å²) in [6.45, 7) is 0.570. The molecule has 1 aromatic heterocycles. The molecule has 0 atom stereocenters. The maximum atomic E-state index is 11.1. The number of ether oxygens (including phenoxy) is 1. The molecule has 116 valence electrons. The third kappa shape index (κ3) is 3.06. The van der Waals surface area contributed by atoms with E-state index in [9.17, 15) is 10.1 Å². The minimum absolute atomic E-state index is 0.0556. The van der Waals surface area contributed by atoms with Gasteiger partial charge in [0.1, 0.15) is 11.3 Å². The Balaban J connectivity index is 1.91. The summed E-state index contributed by atoms with van der Waals surface area (Å²) in [5.41, 5.74) is 2.45. The number of nitro benzene ring substituents is 1. The first kappa shape index (κ1) is 14.8. The van der Waals surface area contributed by atoms with Crippen molar-refractivity contribution in [2.75, 3.05) is 12.4 Å². The molecule has 0 aliphatic heterocycles. The Bertz CT molecular complexity index is 865. The maximum Gasteiger partial charge on any atom is 0.278 e. The SMILES string of the molecule is COc1cccc(CNc2ccc([N+](=O)[O-])c3cccnc23)c1. The maximum absolute atomic E-state index is 11.1. The minimum Gasteiger partial charge on any atom is -0.497 e. The van der Waals surface area contributed by atoms with Crippen molar-refractivity contribution in [1.29, 1.82) is 0 Å². The highest BCUT2D eigenvalue weighted by molar-refractivity contribution is 5.96. The molecule has 0 aliphatic carbocycles. The van der Waals surface area contributed by atoms with E-state index in [1.54, 1.807) is 31.5 Å². The first-order valence-corrected chi connectivity index (χ1v) is 7.08. The van der Waals surface area contributed by atoms with Crippen LogP contribution in [-0.2, 0) is 6.54 Å². The zero-order valence-electron chi connectivity index (χ0n) is 12.5. The second kappa shape index (κ2) is 6.31. The summed E-state index contributed by atoms with van der Waals surface area (Å²) in [5.74, 6) is 0.788. The van der Waals surface area contributed by atoms with Crippen molar-refractivity contribution in [2.24, 2.45) is 0 Å². The lowest BCUT2D eigenvalue weighted by Crippen LogP contribution is -2.02. The van der Waals surface area contributed by atoms with E-state index in [0.29, 0.717) is 17.4 Å². The van der Waals surface area contributed by atoms with Crippen molar-refractivity contribution in [1.82, 2.24) is 4.98 Å². The molecule has 6 nitrogen and oxygen atoms in total. The number of anilines is 1. The number of methoxy groups -OCH3 is 1. The molecule has 0 saturated heterocycles. The van der Waals surface area contributed by atoms with Gasteiger partial charge < -0.3 is 10.1 Å². The second-order valence-electron chi connectivity index (χ2n) is 4.99. The zero-order chi connectivity index (χ0) is 16.2. The summed E-state index contributed by atoms with van der Waals surface area (Å²) < 4.78 is 5.20. The van der Waals surface area contributed by atoms with Crippen molar-refractivity contribution in [2.45, 2.75) is 6.54 Å². The van der Waals surface area contributed by atoms with Gasteiger partial charge >= 0.3 is 0 Å². The molecule has 0 aliphatic rings. The molecule has 0 radical (unpaired) electrons. The van der Waals surface area contributed by atoms with Crippen molar-refractivity contribution in [3.05, 3.63) is 70.4 Å².